The summed E-state index contributed by atoms with van der Waals surface area (Å²) in [6, 6.07) is 9.42. The molecule has 1 aromatic rings. The van der Waals surface area contributed by atoms with E-state index in [0.717, 1.165) is 5.56 Å². The molecule has 14 heavy (non-hydrogen) atoms. The molecule has 76 valence electrons. The molecule has 1 heterocycles. The second-order valence-corrected chi connectivity index (χ2v) is 3.59. The number of aliphatic hydroxyl groups is 1. The first-order valence-corrected chi connectivity index (χ1v) is 4.72. The van der Waals surface area contributed by atoms with Crippen molar-refractivity contribution in [2.75, 3.05) is 13.2 Å². The summed E-state index contributed by atoms with van der Waals surface area (Å²) >= 11 is 0. The lowest BCUT2D eigenvalue weighted by atomic mass is 9.95. The molecule has 1 aliphatic heterocycles. The Balaban J connectivity index is 2.22. The Morgan fingerprint density at radius 3 is 2.36 bits per heavy atom. The fourth-order valence-corrected chi connectivity index (χ4v) is 1.59. The van der Waals surface area contributed by atoms with Gasteiger partial charge in [0.1, 0.15) is 5.60 Å². The minimum absolute atomic E-state index is 0.549. The third-order valence-electron chi connectivity index (χ3n) is 2.44. The molecule has 1 atom stereocenters. The quantitative estimate of drug-likeness (QED) is 0.770. The van der Waals surface area contributed by atoms with Crippen molar-refractivity contribution in [1.29, 1.82) is 0 Å². The van der Waals surface area contributed by atoms with Gasteiger partial charge in [-0.15, -0.1) is 0 Å². The average Bonchev–Trinajstić information content (AvgIpc) is 2.72. The number of ether oxygens (including phenoxy) is 2. The predicted molar refractivity (Wildman–Crippen MR) is 51.7 cm³/mol. The molecule has 1 fully saturated rings. The Labute approximate surface area is 83.3 Å². The maximum Gasteiger partial charge on any atom is 0.190 e. The molecule has 1 aliphatic rings. The van der Waals surface area contributed by atoms with Gasteiger partial charge in [0.15, 0.2) is 6.29 Å². The van der Waals surface area contributed by atoms with Crippen LogP contribution in [0.5, 0.6) is 0 Å². The van der Waals surface area contributed by atoms with E-state index >= 15 is 0 Å². The van der Waals surface area contributed by atoms with Crippen LogP contribution < -0.4 is 0 Å². The zero-order valence-electron chi connectivity index (χ0n) is 8.14. The molecule has 0 bridgehead atoms. The normalized spacial score (nSPS) is 22.1. The molecule has 2 rings (SSSR count). The highest BCUT2D eigenvalue weighted by atomic mass is 16.7. The van der Waals surface area contributed by atoms with Crippen LogP contribution in [-0.4, -0.2) is 24.6 Å². The first-order valence-electron chi connectivity index (χ1n) is 4.72. The third kappa shape index (κ3) is 1.66. The molecule has 1 N–H and O–H groups in total. The van der Waals surface area contributed by atoms with Crippen molar-refractivity contribution in [3.05, 3.63) is 35.9 Å². The van der Waals surface area contributed by atoms with Gasteiger partial charge in [0.2, 0.25) is 0 Å². The van der Waals surface area contributed by atoms with Gasteiger partial charge in [-0.1, -0.05) is 30.3 Å². The SMILES string of the molecule is CC(O)(c1ccccc1)C1OCCO1. The molecule has 3 nitrogen and oxygen atoms in total. The van der Waals surface area contributed by atoms with Gasteiger partial charge in [-0.3, -0.25) is 0 Å². The van der Waals surface area contributed by atoms with Crippen molar-refractivity contribution in [2.24, 2.45) is 0 Å². The monoisotopic (exact) mass is 194 g/mol. The van der Waals surface area contributed by atoms with Crippen LogP contribution >= 0.6 is 0 Å². The lowest BCUT2D eigenvalue weighted by molar-refractivity contribution is -0.177. The van der Waals surface area contributed by atoms with Gasteiger partial charge in [-0.05, 0) is 12.5 Å². The summed E-state index contributed by atoms with van der Waals surface area (Å²) in [5.41, 5.74) is -0.260. The standard InChI is InChI=1S/C11H14O3/c1-11(12,10-13-7-8-14-10)9-5-3-2-4-6-9/h2-6,10,12H,7-8H2,1H3. The van der Waals surface area contributed by atoms with Crippen LogP contribution in [0.2, 0.25) is 0 Å². The Morgan fingerprint density at radius 2 is 1.79 bits per heavy atom. The van der Waals surface area contributed by atoms with Gasteiger partial charge in [0, 0.05) is 0 Å². The molecule has 0 spiro atoms. The van der Waals surface area contributed by atoms with Gasteiger partial charge in [0.05, 0.1) is 13.2 Å². The van der Waals surface area contributed by atoms with Crippen LogP contribution in [0.4, 0.5) is 0 Å². The second kappa shape index (κ2) is 3.69. The molecule has 1 aromatic carbocycles. The lowest BCUT2D eigenvalue weighted by Crippen LogP contribution is -2.37. The van der Waals surface area contributed by atoms with E-state index in [0.29, 0.717) is 13.2 Å². The Bertz CT molecular complexity index is 289. The van der Waals surface area contributed by atoms with E-state index in [-0.39, 0.29) is 0 Å². The van der Waals surface area contributed by atoms with E-state index in [1.54, 1.807) is 6.92 Å². The van der Waals surface area contributed by atoms with Crippen molar-refractivity contribution in [3.8, 4) is 0 Å². The van der Waals surface area contributed by atoms with Crippen molar-refractivity contribution in [3.63, 3.8) is 0 Å². The smallest absolute Gasteiger partial charge is 0.190 e. The molecular formula is C11H14O3. The summed E-state index contributed by atoms with van der Waals surface area (Å²) in [7, 11) is 0. The first kappa shape index (κ1) is 9.65. The van der Waals surface area contributed by atoms with Crippen LogP contribution in [0.1, 0.15) is 12.5 Å². The maximum absolute atomic E-state index is 10.2. The van der Waals surface area contributed by atoms with Crippen LogP contribution in [0, 0.1) is 0 Å². The van der Waals surface area contributed by atoms with Gasteiger partial charge in [0.25, 0.3) is 0 Å². The number of benzene rings is 1. The average molecular weight is 194 g/mol. The molecule has 1 unspecified atom stereocenters. The zero-order chi connectivity index (χ0) is 10.0. The van der Waals surface area contributed by atoms with E-state index in [1.165, 1.54) is 0 Å². The Morgan fingerprint density at radius 1 is 1.21 bits per heavy atom. The number of rotatable bonds is 2. The summed E-state index contributed by atoms with van der Waals surface area (Å²) in [5.74, 6) is 0. The second-order valence-electron chi connectivity index (χ2n) is 3.59. The minimum atomic E-state index is -1.07. The molecular weight excluding hydrogens is 180 g/mol. The molecule has 0 amide bonds. The van der Waals surface area contributed by atoms with E-state index in [4.69, 9.17) is 9.47 Å². The van der Waals surface area contributed by atoms with E-state index in [9.17, 15) is 5.11 Å². The maximum atomic E-state index is 10.2. The summed E-state index contributed by atoms with van der Waals surface area (Å²) in [4.78, 5) is 0. The topological polar surface area (TPSA) is 38.7 Å². The number of hydrogen-bond acceptors (Lipinski definition) is 3. The van der Waals surface area contributed by atoms with Crippen LogP contribution in [0.15, 0.2) is 30.3 Å². The van der Waals surface area contributed by atoms with E-state index in [1.807, 2.05) is 30.3 Å². The van der Waals surface area contributed by atoms with Crippen molar-refractivity contribution >= 4 is 0 Å². The van der Waals surface area contributed by atoms with Crippen molar-refractivity contribution in [2.45, 2.75) is 18.8 Å². The first-order chi connectivity index (χ1) is 6.71. The fourth-order valence-electron chi connectivity index (χ4n) is 1.59. The molecule has 0 aliphatic carbocycles. The Hall–Kier alpha value is -0.900. The summed E-state index contributed by atoms with van der Waals surface area (Å²) < 4.78 is 10.6. The molecule has 0 radical (unpaired) electrons. The molecule has 0 saturated carbocycles. The molecule has 0 aromatic heterocycles. The number of hydrogen-bond donors (Lipinski definition) is 1. The highest BCUT2D eigenvalue weighted by Gasteiger charge is 2.37. The highest BCUT2D eigenvalue weighted by molar-refractivity contribution is 5.22. The van der Waals surface area contributed by atoms with Gasteiger partial charge in [-0.25, -0.2) is 0 Å². The summed E-state index contributed by atoms with van der Waals surface area (Å²) in [6.07, 6.45) is -0.551. The van der Waals surface area contributed by atoms with Gasteiger partial charge < -0.3 is 14.6 Å². The van der Waals surface area contributed by atoms with E-state index < -0.39 is 11.9 Å². The lowest BCUT2D eigenvalue weighted by Gasteiger charge is -2.28. The summed E-state index contributed by atoms with van der Waals surface area (Å²) in [5, 5.41) is 10.2. The minimum Gasteiger partial charge on any atom is -0.380 e. The Kier molecular flexibility index (Phi) is 2.54. The highest BCUT2D eigenvalue weighted by Crippen LogP contribution is 2.29. The fraction of sp³-hybridized carbons (Fsp3) is 0.455. The molecule has 3 heteroatoms. The van der Waals surface area contributed by atoms with Crippen LogP contribution in [-0.2, 0) is 15.1 Å². The third-order valence-corrected chi connectivity index (χ3v) is 2.44. The van der Waals surface area contributed by atoms with Gasteiger partial charge >= 0.3 is 0 Å². The van der Waals surface area contributed by atoms with Crippen molar-refractivity contribution < 1.29 is 14.6 Å². The predicted octanol–water partition coefficient (Wildman–Crippen LogP) is 1.27. The zero-order valence-corrected chi connectivity index (χ0v) is 8.14. The van der Waals surface area contributed by atoms with Crippen LogP contribution in [0.3, 0.4) is 0 Å². The van der Waals surface area contributed by atoms with E-state index in [2.05, 4.69) is 0 Å². The largest absolute Gasteiger partial charge is 0.380 e. The summed E-state index contributed by atoms with van der Waals surface area (Å²) in [6.45, 7) is 2.81. The molecule has 1 saturated heterocycles. The van der Waals surface area contributed by atoms with Gasteiger partial charge in [-0.2, -0.15) is 0 Å². The van der Waals surface area contributed by atoms with Crippen LogP contribution in [0.25, 0.3) is 0 Å². The van der Waals surface area contributed by atoms with Crippen molar-refractivity contribution in [1.82, 2.24) is 0 Å².